The second-order valence-electron chi connectivity index (χ2n) is 3.17. The molecule has 14 heavy (non-hydrogen) atoms. The highest BCUT2D eigenvalue weighted by Gasteiger charge is 2.02. The molecule has 0 aliphatic carbocycles. The minimum absolute atomic E-state index is 0.537. The predicted molar refractivity (Wildman–Crippen MR) is 59.4 cm³/mol. The maximum absolute atomic E-state index is 5.86. The van der Waals surface area contributed by atoms with Crippen LogP contribution in [0.25, 0.3) is 11.3 Å². The molecule has 0 spiro atoms. The summed E-state index contributed by atoms with van der Waals surface area (Å²) in [5.41, 5.74) is 3.20. The van der Waals surface area contributed by atoms with Crippen molar-refractivity contribution in [1.82, 2.24) is 4.98 Å². The molecule has 0 aliphatic heterocycles. The molecule has 1 aromatic heterocycles. The van der Waals surface area contributed by atoms with Gasteiger partial charge in [-0.25, -0.2) is 4.98 Å². The highest BCUT2D eigenvalue weighted by atomic mass is 35.5. The van der Waals surface area contributed by atoms with Crippen LogP contribution in [0, 0.1) is 6.92 Å². The van der Waals surface area contributed by atoms with Gasteiger partial charge in [0.15, 0.2) is 0 Å². The van der Waals surface area contributed by atoms with Crippen LogP contribution < -0.4 is 0 Å². The zero-order valence-corrected chi connectivity index (χ0v) is 8.62. The monoisotopic (exact) mass is 203 g/mol. The molecule has 1 heterocycles. The van der Waals surface area contributed by atoms with E-state index < -0.39 is 0 Å². The molecule has 1 nitrogen and oxygen atoms in total. The number of halogens is 1. The van der Waals surface area contributed by atoms with Crippen LogP contribution in [0.3, 0.4) is 0 Å². The topological polar surface area (TPSA) is 12.9 Å². The van der Waals surface area contributed by atoms with E-state index >= 15 is 0 Å². The zero-order valence-electron chi connectivity index (χ0n) is 7.87. The normalized spacial score (nSPS) is 10.1. The third kappa shape index (κ3) is 1.78. The Labute approximate surface area is 88.4 Å². The van der Waals surface area contributed by atoms with Crippen molar-refractivity contribution in [2.75, 3.05) is 0 Å². The lowest BCUT2D eigenvalue weighted by molar-refractivity contribution is 1.27. The van der Waals surface area contributed by atoms with Crippen LogP contribution in [0.15, 0.2) is 42.5 Å². The van der Waals surface area contributed by atoms with Crippen molar-refractivity contribution >= 4 is 11.6 Å². The molecule has 2 rings (SSSR count). The second kappa shape index (κ2) is 3.81. The smallest absolute Gasteiger partial charge is 0.129 e. The Balaban J connectivity index is 2.57. The van der Waals surface area contributed by atoms with E-state index in [0.29, 0.717) is 5.15 Å². The minimum Gasteiger partial charge on any atom is -0.236 e. The number of aromatic nitrogens is 1. The van der Waals surface area contributed by atoms with Gasteiger partial charge in [-0.15, -0.1) is 0 Å². The van der Waals surface area contributed by atoms with Gasteiger partial charge in [0.1, 0.15) is 5.15 Å². The summed E-state index contributed by atoms with van der Waals surface area (Å²) in [6, 6.07) is 13.8. The Morgan fingerprint density at radius 1 is 1.00 bits per heavy atom. The van der Waals surface area contributed by atoms with Crippen molar-refractivity contribution in [3.05, 3.63) is 53.2 Å². The number of benzene rings is 1. The standard InChI is InChI=1S/C12H10ClN/c1-9-7-8-11(13)14-12(9)10-5-3-2-4-6-10/h2-8H,1H3. The molecule has 70 valence electrons. The number of nitrogens with zero attached hydrogens (tertiary/aromatic N) is 1. The average Bonchev–Trinajstić information content (AvgIpc) is 2.23. The van der Waals surface area contributed by atoms with Gasteiger partial charge in [0.2, 0.25) is 0 Å². The molecule has 0 saturated carbocycles. The summed E-state index contributed by atoms with van der Waals surface area (Å²) in [7, 11) is 0. The van der Waals surface area contributed by atoms with Crippen LogP contribution in [-0.2, 0) is 0 Å². The summed E-state index contributed by atoms with van der Waals surface area (Å²) in [5.74, 6) is 0. The first-order valence-electron chi connectivity index (χ1n) is 4.46. The SMILES string of the molecule is Cc1ccc(Cl)nc1-c1ccccc1. The Bertz CT molecular complexity index is 437. The first kappa shape index (κ1) is 9.22. The van der Waals surface area contributed by atoms with Crippen molar-refractivity contribution in [2.45, 2.75) is 6.92 Å². The lowest BCUT2D eigenvalue weighted by Crippen LogP contribution is -1.87. The van der Waals surface area contributed by atoms with Gasteiger partial charge in [0.05, 0.1) is 5.69 Å². The van der Waals surface area contributed by atoms with Crippen molar-refractivity contribution in [3.63, 3.8) is 0 Å². The maximum Gasteiger partial charge on any atom is 0.129 e. The van der Waals surface area contributed by atoms with E-state index in [0.717, 1.165) is 16.8 Å². The molecule has 0 aliphatic rings. The fourth-order valence-electron chi connectivity index (χ4n) is 1.39. The van der Waals surface area contributed by atoms with Gasteiger partial charge >= 0.3 is 0 Å². The number of rotatable bonds is 1. The van der Waals surface area contributed by atoms with Crippen LogP contribution in [0.1, 0.15) is 5.56 Å². The van der Waals surface area contributed by atoms with Crippen molar-refractivity contribution < 1.29 is 0 Å². The van der Waals surface area contributed by atoms with Crippen LogP contribution in [0.2, 0.25) is 5.15 Å². The first-order chi connectivity index (χ1) is 6.77. The molecule has 0 bridgehead atoms. The zero-order chi connectivity index (χ0) is 9.97. The number of hydrogen-bond donors (Lipinski definition) is 0. The molecular weight excluding hydrogens is 194 g/mol. The van der Waals surface area contributed by atoms with Gasteiger partial charge in [-0.05, 0) is 18.6 Å². The van der Waals surface area contributed by atoms with Crippen molar-refractivity contribution in [1.29, 1.82) is 0 Å². The van der Waals surface area contributed by atoms with Crippen molar-refractivity contribution in [3.8, 4) is 11.3 Å². The van der Waals surface area contributed by atoms with Crippen LogP contribution in [0.5, 0.6) is 0 Å². The number of pyridine rings is 1. The minimum atomic E-state index is 0.537. The molecule has 0 fully saturated rings. The average molecular weight is 204 g/mol. The molecule has 0 unspecified atom stereocenters. The third-order valence-corrected chi connectivity index (χ3v) is 2.32. The Morgan fingerprint density at radius 2 is 1.71 bits per heavy atom. The predicted octanol–water partition coefficient (Wildman–Crippen LogP) is 3.71. The molecule has 0 atom stereocenters. The molecule has 2 aromatic rings. The number of hydrogen-bond acceptors (Lipinski definition) is 1. The summed E-state index contributed by atoms with van der Waals surface area (Å²) < 4.78 is 0. The van der Waals surface area contributed by atoms with E-state index in [1.807, 2.05) is 49.4 Å². The van der Waals surface area contributed by atoms with E-state index in [2.05, 4.69) is 4.98 Å². The fourth-order valence-corrected chi connectivity index (χ4v) is 1.54. The first-order valence-corrected chi connectivity index (χ1v) is 4.84. The van der Waals surface area contributed by atoms with Gasteiger partial charge in [-0.3, -0.25) is 0 Å². The summed E-state index contributed by atoms with van der Waals surface area (Å²) in [6.45, 7) is 2.03. The summed E-state index contributed by atoms with van der Waals surface area (Å²) in [4.78, 5) is 4.31. The van der Waals surface area contributed by atoms with Crippen LogP contribution in [-0.4, -0.2) is 4.98 Å². The summed E-state index contributed by atoms with van der Waals surface area (Å²) in [5, 5.41) is 0.537. The van der Waals surface area contributed by atoms with E-state index in [1.165, 1.54) is 0 Å². The van der Waals surface area contributed by atoms with Gasteiger partial charge < -0.3 is 0 Å². The molecule has 0 saturated heterocycles. The third-order valence-electron chi connectivity index (χ3n) is 2.11. The molecule has 0 radical (unpaired) electrons. The molecular formula is C12H10ClN. The Kier molecular flexibility index (Phi) is 2.51. The highest BCUT2D eigenvalue weighted by Crippen LogP contribution is 2.22. The maximum atomic E-state index is 5.86. The van der Waals surface area contributed by atoms with Crippen LogP contribution in [0.4, 0.5) is 0 Å². The lowest BCUT2D eigenvalue weighted by atomic mass is 10.1. The second-order valence-corrected chi connectivity index (χ2v) is 3.55. The van der Waals surface area contributed by atoms with Gasteiger partial charge in [-0.1, -0.05) is 48.0 Å². The molecule has 0 N–H and O–H groups in total. The fraction of sp³-hybridized carbons (Fsp3) is 0.0833. The highest BCUT2D eigenvalue weighted by molar-refractivity contribution is 6.29. The van der Waals surface area contributed by atoms with Gasteiger partial charge in [0.25, 0.3) is 0 Å². The van der Waals surface area contributed by atoms with E-state index in [1.54, 1.807) is 0 Å². The Hall–Kier alpha value is -1.34. The van der Waals surface area contributed by atoms with Gasteiger partial charge in [-0.2, -0.15) is 0 Å². The van der Waals surface area contributed by atoms with Crippen LogP contribution >= 0.6 is 11.6 Å². The lowest BCUT2D eigenvalue weighted by Gasteiger charge is -2.04. The van der Waals surface area contributed by atoms with E-state index in [9.17, 15) is 0 Å². The molecule has 0 amide bonds. The summed E-state index contributed by atoms with van der Waals surface area (Å²) in [6.07, 6.45) is 0. The molecule has 1 aromatic carbocycles. The van der Waals surface area contributed by atoms with Gasteiger partial charge in [0, 0.05) is 5.56 Å². The number of aryl methyl sites for hydroxylation is 1. The molecule has 2 heteroatoms. The largest absolute Gasteiger partial charge is 0.236 e. The Morgan fingerprint density at radius 3 is 2.43 bits per heavy atom. The quantitative estimate of drug-likeness (QED) is 0.644. The van der Waals surface area contributed by atoms with E-state index in [-0.39, 0.29) is 0 Å². The van der Waals surface area contributed by atoms with Crippen molar-refractivity contribution in [2.24, 2.45) is 0 Å². The summed E-state index contributed by atoms with van der Waals surface area (Å²) >= 11 is 5.86. The van der Waals surface area contributed by atoms with E-state index in [4.69, 9.17) is 11.6 Å².